The number of nitrogens with one attached hydrogen (secondary N) is 1. The molecule has 0 amide bonds. The Hall–Kier alpha value is -2.75. The first kappa shape index (κ1) is 19.2. The number of halogens is 1. The predicted octanol–water partition coefficient (Wildman–Crippen LogP) is 4.80. The number of hydrogen-bond acceptors (Lipinski definition) is 7. The van der Waals surface area contributed by atoms with Crippen molar-refractivity contribution in [2.24, 2.45) is 0 Å². The SMILES string of the molecule is O=c1cc(CSc2nc3ccccc3o2)nc2nc(SCc3ccc(Cl)cc3)[nH]n12. The number of H-pyrrole nitrogens is 1. The number of benzene rings is 2. The van der Waals surface area contributed by atoms with Crippen LogP contribution in [0, 0.1) is 0 Å². The summed E-state index contributed by atoms with van der Waals surface area (Å²) in [5.74, 6) is 1.50. The van der Waals surface area contributed by atoms with E-state index in [0.717, 1.165) is 16.7 Å². The monoisotopic (exact) mass is 455 g/mol. The highest BCUT2D eigenvalue weighted by Gasteiger charge is 2.11. The lowest BCUT2D eigenvalue weighted by Gasteiger charge is -1.98. The van der Waals surface area contributed by atoms with Crippen LogP contribution in [-0.4, -0.2) is 24.6 Å². The van der Waals surface area contributed by atoms with Gasteiger partial charge in [0.25, 0.3) is 16.6 Å². The fraction of sp³-hybridized carbons (Fsp3) is 0.100. The zero-order chi connectivity index (χ0) is 20.5. The molecule has 0 radical (unpaired) electrons. The van der Waals surface area contributed by atoms with Gasteiger partial charge in [-0.15, -0.1) is 0 Å². The lowest BCUT2D eigenvalue weighted by Crippen LogP contribution is -2.15. The van der Waals surface area contributed by atoms with Crippen LogP contribution in [0.4, 0.5) is 0 Å². The smallest absolute Gasteiger partial charge is 0.274 e. The van der Waals surface area contributed by atoms with Gasteiger partial charge in [0.05, 0.1) is 5.69 Å². The minimum absolute atomic E-state index is 0.209. The average Bonchev–Trinajstić information content (AvgIpc) is 3.35. The lowest BCUT2D eigenvalue weighted by molar-refractivity contribution is 0.489. The first-order chi connectivity index (χ1) is 14.6. The van der Waals surface area contributed by atoms with Crippen LogP contribution >= 0.6 is 35.1 Å². The van der Waals surface area contributed by atoms with Crippen molar-refractivity contribution in [3.8, 4) is 0 Å². The molecule has 2 aromatic carbocycles. The van der Waals surface area contributed by atoms with Gasteiger partial charge in [0.2, 0.25) is 0 Å². The molecule has 0 bridgehead atoms. The Morgan fingerprint density at radius 2 is 1.83 bits per heavy atom. The molecular weight excluding hydrogens is 442 g/mol. The highest BCUT2D eigenvalue weighted by atomic mass is 35.5. The van der Waals surface area contributed by atoms with Crippen molar-refractivity contribution < 1.29 is 4.42 Å². The number of rotatable bonds is 6. The van der Waals surface area contributed by atoms with Crippen molar-refractivity contribution in [2.75, 3.05) is 0 Å². The summed E-state index contributed by atoms with van der Waals surface area (Å²) < 4.78 is 7.05. The van der Waals surface area contributed by atoms with Gasteiger partial charge in [0, 0.05) is 22.6 Å². The van der Waals surface area contributed by atoms with Crippen LogP contribution in [0.1, 0.15) is 11.3 Å². The van der Waals surface area contributed by atoms with E-state index in [4.69, 9.17) is 16.0 Å². The molecule has 10 heteroatoms. The first-order valence-corrected chi connectivity index (χ1v) is 11.3. The topological polar surface area (TPSA) is 89.1 Å². The molecule has 150 valence electrons. The first-order valence-electron chi connectivity index (χ1n) is 8.98. The molecule has 0 aliphatic carbocycles. The third-order valence-electron chi connectivity index (χ3n) is 4.27. The van der Waals surface area contributed by atoms with Crippen LogP contribution in [0.15, 0.2) is 74.2 Å². The number of hydrogen-bond donors (Lipinski definition) is 1. The van der Waals surface area contributed by atoms with Gasteiger partial charge in [0.15, 0.2) is 10.7 Å². The molecule has 5 aromatic rings. The van der Waals surface area contributed by atoms with E-state index in [2.05, 4.69) is 20.1 Å². The molecule has 7 nitrogen and oxygen atoms in total. The Morgan fingerprint density at radius 3 is 2.67 bits per heavy atom. The second kappa shape index (κ2) is 8.17. The van der Waals surface area contributed by atoms with Crippen LogP contribution in [0.3, 0.4) is 0 Å². The fourth-order valence-electron chi connectivity index (χ4n) is 2.83. The van der Waals surface area contributed by atoms with Crippen molar-refractivity contribution in [1.29, 1.82) is 0 Å². The lowest BCUT2D eigenvalue weighted by atomic mass is 10.2. The molecule has 3 heterocycles. The second-order valence-electron chi connectivity index (χ2n) is 6.40. The highest BCUT2D eigenvalue weighted by molar-refractivity contribution is 7.98. The van der Waals surface area contributed by atoms with Gasteiger partial charge in [-0.1, -0.05) is 59.4 Å². The van der Waals surface area contributed by atoms with Crippen molar-refractivity contribution in [3.05, 3.63) is 81.2 Å². The molecular formula is C20H14ClN5O2S2. The second-order valence-corrected chi connectivity index (χ2v) is 8.73. The largest absolute Gasteiger partial charge is 0.431 e. The minimum Gasteiger partial charge on any atom is -0.431 e. The molecule has 5 rings (SSSR count). The van der Waals surface area contributed by atoms with Gasteiger partial charge < -0.3 is 4.42 Å². The quantitative estimate of drug-likeness (QED) is 0.368. The number of thioether (sulfide) groups is 2. The number of aromatic amines is 1. The maximum absolute atomic E-state index is 12.5. The Morgan fingerprint density at radius 1 is 1.00 bits per heavy atom. The summed E-state index contributed by atoms with van der Waals surface area (Å²) in [5, 5.41) is 4.86. The Kier molecular flexibility index (Phi) is 5.24. The van der Waals surface area contributed by atoms with Crippen molar-refractivity contribution in [3.63, 3.8) is 0 Å². The summed E-state index contributed by atoms with van der Waals surface area (Å²) in [7, 11) is 0. The Bertz CT molecular complexity index is 1360. The fourth-order valence-corrected chi connectivity index (χ4v) is 4.48. The van der Waals surface area contributed by atoms with Crippen LogP contribution in [0.2, 0.25) is 5.02 Å². The molecule has 0 saturated heterocycles. The van der Waals surface area contributed by atoms with Crippen molar-refractivity contribution in [1.82, 2.24) is 24.6 Å². The van der Waals surface area contributed by atoms with E-state index in [1.54, 1.807) is 0 Å². The van der Waals surface area contributed by atoms with Crippen molar-refractivity contribution >= 4 is 52.0 Å². The highest BCUT2D eigenvalue weighted by Crippen LogP contribution is 2.26. The number of aromatic nitrogens is 5. The summed E-state index contributed by atoms with van der Waals surface area (Å²) in [6.45, 7) is 0. The third kappa shape index (κ3) is 4.09. The number of oxazole rings is 1. The maximum Gasteiger partial charge on any atom is 0.274 e. The van der Waals surface area contributed by atoms with E-state index in [0.29, 0.717) is 38.4 Å². The predicted molar refractivity (Wildman–Crippen MR) is 118 cm³/mol. The zero-order valence-electron chi connectivity index (χ0n) is 15.4. The molecule has 0 aliphatic heterocycles. The van der Waals surface area contributed by atoms with E-state index in [1.165, 1.54) is 34.1 Å². The maximum atomic E-state index is 12.5. The zero-order valence-corrected chi connectivity index (χ0v) is 17.8. The molecule has 30 heavy (non-hydrogen) atoms. The standard InChI is InChI=1S/C20H14ClN5O2S2/c21-13-7-5-12(6-8-13)10-29-19-24-18-22-14(9-17(27)26(18)25-19)11-30-20-23-15-3-1-2-4-16(15)28-20/h1-9H,10-11H2,(H,22,24,25). The summed E-state index contributed by atoms with van der Waals surface area (Å²) >= 11 is 8.80. The molecule has 3 aromatic heterocycles. The minimum atomic E-state index is -0.209. The number of fused-ring (bicyclic) bond motifs is 2. The molecule has 0 aliphatic rings. The molecule has 0 saturated carbocycles. The van der Waals surface area contributed by atoms with Crippen molar-refractivity contribution in [2.45, 2.75) is 21.9 Å². The number of para-hydroxylation sites is 2. The van der Waals surface area contributed by atoms with Gasteiger partial charge in [0.1, 0.15) is 5.52 Å². The Labute approximate surface area is 183 Å². The van der Waals surface area contributed by atoms with E-state index in [1.807, 2.05) is 48.5 Å². The summed E-state index contributed by atoms with van der Waals surface area (Å²) in [6.07, 6.45) is 0. The molecule has 1 N–H and O–H groups in total. The van der Waals surface area contributed by atoms with Gasteiger partial charge in [-0.25, -0.2) is 9.97 Å². The summed E-state index contributed by atoms with van der Waals surface area (Å²) in [4.78, 5) is 25.8. The van der Waals surface area contributed by atoms with Crippen LogP contribution < -0.4 is 5.56 Å². The van der Waals surface area contributed by atoms with Crippen LogP contribution in [0.5, 0.6) is 0 Å². The van der Waals surface area contributed by atoms with Gasteiger partial charge >= 0.3 is 0 Å². The normalized spacial score (nSPS) is 11.5. The third-order valence-corrected chi connectivity index (χ3v) is 6.32. The number of nitrogens with zero attached hydrogens (tertiary/aromatic N) is 4. The van der Waals surface area contributed by atoms with Crippen LogP contribution in [-0.2, 0) is 11.5 Å². The summed E-state index contributed by atoms with van der Waals surface area (Å²) in [6, 6.07) is 16.7. The molecule has 0 atom stereocenters. The molecule has 0 spiro atoms. The molecule has 0 unspecified atom stereocenters. The van der Waals surface area contributed by atoms with Crippen LogP contribution in [0.25, 0.3) is 16.9 Å². The molecule has 0 fully saturated rings. The van der Waals surface area contributed by atoms with Gasteiger partial charge in [-0.2, -0.15) is 9.50 Å². The van der Waals surface area contributed by atoms with E-state index in [9.17, 15) is 4.79 Å². The van der Waals surface area contributed by atoms with E-state index in [-0.39, 0.29) is 5.56 Å². The van der Waals surface area contributed by atoms with E-state index >= 15 is 0 Å². The van der Waals surface area contributed by atoms with Gasteiger partial charge in [-0.3, -0.25) is 9.89 Å². The average molecular weight is 456 g/mol. The van der Waals surface area contributed by atoms with E-state index < -0.39 is 0 Å². The Balaban J connectivity index is 1.31. The van der Waals surface area contributed by atoms with Gasteiger partial charge in [-0.05, 0) is 29.8 Å². The summed E-state index contributed by atoms with van der Waals surface area (Å²) in [5.41, 5.74) is 3.06.